The summed E-state index contributed by atoms with van der Waals surface area (Å²) < 4.78 is 28.2. The van der Waals surface area contributed by atoms with Gasteiger partial charge in [-0.15, -0.1) is 11.3 Å². The molecule has 8 heteroatoms. The van der Waals surface area contributed by atoms with Crippen molar-refractivity contribution in [3.8, 4) is 5.75 Å². The number of benzene rings is 1. The predicted molar refractivity (Wildman–Crippen MR) is 94.1 cm³/mol. The summed E-state index contributed by atoms with van der Waals surface area (Å²) in [5, 5.41) is 6.54. The molecule has 0 atom stereocenters. The molecule has 130 valence electrons. The number of nitrogens with two attached hydrogens (primary N) is 1. The molecule has 0 saturated carbocycles. The molecular formula is C16H20N2O4S2. The van der Waals surface area contributed by atoms with Crippen LogP contribution in [0.25, 0.3) is 0 Å². The predicted octanol–water partition coefficient (Wildman–Crippen LogP) is 2.16. The van der Waals surface area contributed by atoms with E-state index in [1.54, 1.807) is 7.05 Å². The number of carbonyl (C=O) groups excluding carboxylic acids is 1. The van der Waals surface area contributed by atoms with Gasteiger partial charge in [0.2, 0.25) is 10.0 Å². The maximum absolute atomic E-state index is 12.3. The lowest BCUT2D eigenvalue weighted by Gasteiger charge is -2.17. The van der Waals surface area contributed by atoms with E-state index in [1.165, 1.54) is 16.3 Å². The Morgan fingerprint density at radius 3 is 2.38 bits per heavy atom. The first kappa shape index (κ1) is 18.4. The molecule has 0 fully saturated rings. The standard InChI is InChI=1S/C16H20N2O4S2/c1-11-6-12(2)8-14(7-11)22-5-4-18(3)16(19)13-9-15(23-10-13)24(17,20)21/h6-10H,4-5H2,1-3H3,(H2,17,20,21). The molecule has 2 N–H and O–H groups in total. The Labute approximate surface area is 145 Å². The first-order valence-corrected chi connectivity index (χ1v) is 9.67. The third-order valence-corrected chi connectivity index (χ3v) is 5.73. The van der Waals surface area contributed by atoms with Crippen LogP contribution in [0.1, 0.15) is 21.5 Å². The lowest BCUT2D eigenvalue weighted by Crippen LogP contribution is -2.30. The van der Waals surface area contributed by atoms with Crippen LogP contribution in [0, 0.1) is 13.8 Å². The van der Waals surface area contributed by atoms with E-state index >= 15 is 0 Å². The van der Waals surface area contributed by atoms with Gasteiger partial charge >= 0.3 is 0 Å². The Kier molecular flexibility index (Phi) is 5.63. The summed E-state index contributed by atoms with van der Waals surface area (Å²) in [5.74, 6) is 0.491. The number of aryl methyl sites for hydroxylation is 2. The van der Waals surface area contributed by atoms with E-state index in [2.05, 4.69) is 6.07 Å². The maximum Gasteiger partial charge on any atom is 0.254 e. The number of hydrogen-bond acceptors (Lipinski definition) is 5. The number of likely N-dealkylation sites (N-methyl/N-ethyl adjacent to an activating group) is 1. The van der Waals surface area contributed by atoms with Crippen molar-refractivity contribution in [2.24, 2.45) is 5.14 Å². The van der Waals surface area contributed by atoms with Gasteiger partial charge in [0.15, 0.2) is 0 Å². The number of amides is 1. The van der Waals surface area contributed by atoms with Crippen LogP contribution in [-0.4, -0.2) is 39.4 Å². The van der Waals surface area contributed by atoms with E-state index in [0.29, 0.717) is 18.7 Å². The number of nitrogens with zero attached hydrogens (tertiary/aromatic N) is 1. The summed E-state index contributed by atoms with van der Waals surface area (Å²) in [6.45, 7) is 4.72. The van der Waals surface area contributed by atoms with Gasteiger partial charge in [0.25, 0.3) is 5.91 Å². The lowest BCUT2D eigenvalue weighted by molar-refractivity contribution is 0.0774. The highest BCUT2D eigenvalue weighted by Gasteiger charge is 2.17. The molecule has 0 bridgehead atoms. The molecule has 6 nitrogen and oxygen atoms in total. The van der Waals surface area contributed by atoms with Gasteiger partial charge in [-0.3, -0.25) is 4.79 Å². The van der Waals surface area contributed by atoms with E-state index in [0.717, 1.165) is 28.2 Å². The van der Waals surface area contributed by atoms with Crippen molar-refractivity contribution >= 4 is 27.3 Å². The first-order chi connectivity index (χ1) is 11.2. The number of thiophene rings is 1. The normalized spacial score (nSPS) is 11.3. The highest BCUT2D eigenvalue weighted by Crippen LogP contribution is 2.20. The van der Waals surface area contributed by atoms with Gasteiger partial charge in [0.05, 0.1) is 12.1 Å². The lowest BCUT2D eigenvalue weighted by atomic mass is 10.1. The van der Waals surface area contributed by atoms with Gasteiger partial charge in [-0.1, -0.05) is 6.07 Å². The molecule has 24 heavy (non-hydrogen) atoms. The van der Waals surface area contributed by atoms with E-state index in [-0.39, 0.29) is 10.1 Å². The molecule has 2 aromatic rings. The molecule has 2 rings (SSSR count). The fourth-order valence-corrected chi connectivity index (χ4v) is 3.80. The Bertz CT molecular complexity index is 823. The third-order valence-electron chi connectivity index (χ3n) is 3.34. The number of ether oxygens (including phenoxy) is 1. The molecule has 1 aromatic heterocycles. The summed E-state index contributed by atoms with van der Waals surface area (Å²) >= 11 is 0.934. The highest BCUT2D eigenvalue weighted by molar-refractivity contribution is 7.91. The molecule has 0 radical (unpaired) electrons. The number of hydrogen-bond donors (Lipinski definition) is 1. The van der Waals surface area contributed by atoms with Crippen LogP contribution in [0.4, 0.5) is 0 Å². The highest BCUT2D eigenvalue weighted by atomic mass is 32.2. The van der Waals surface area contributed by atoms with Crippen molar-refractivity contribution in [2.75, 3.05) is 20.2 Å². The van der Waals surface area contributed by atoms with Gasteiger partial charge < -0.3 is 9.64 Å². The Morgan fingerprint density at radius 1 is 1.21 bits per heavy atom. The smallest absolute Gasteiger partial charge is 0.254 e. The van der Waals surface area contributed by atoms with Gasteiger partial charge in [-0.2, -0.15) is 0 Å². The van der Waals surface area contributed by atoms with Crippen molar-refractivity contribution in [3.05, 3.63) is 46.3 Å². The quantitative estimate of drug-likeness (QED) is 0.846. The van der Waals surface area contributed by atoms with E-state index in [4.69, 9.17) is 9.88 Å². The van der Waals surface area contributed by atoms with Crippen LogP contribution < -0.4 is 9.88 Å². The second-order valence-electron chi connectivity index (χ2n) is 5.60. The van der Waals surface area contributed by atoms with Crippen LogP contribution in [0.2, 0.25) is 0 Å². The molecule has 0 spiro atoms. The second kappa shape index (κ2) is 7.33. The van der Waals surface area contributed by atoms with Crippen LogP contribution in [0.3, 0.4) is 0 Å². The SMILES string of the molecule is Cc1cc(C)cc(OCCN(C)C(=O)c2csc(S(N)(=O)=O)c2)c1. The summed E-state index contributed by atoms with van der Waals surface area (Å²) in [5.41, 5.74) is 2.53. The number of rotatable bonds is 6. The average Bonchev–Trinajstić information content (AvgIpc) is 2.95. The molecule has 1 aromatic carbocycles. The van der Waals surface area contributed by atoms with Crippen LogP contribution >= 0.6 is 11.3 Å². The van der Waals surface area contributed by atoms with Gasteiger partial charge in [0, 0.05) is 12.4 Å². The molecular weight excluding hydrogens is 348 g/mol. The van der Waals surface area contributed by atoms with E-state index in [9.17, 15) is 13.2 Å². The minimum Gasteiger partial charge on any atom is -0.492 e. The topological polar surface area (TPSA) is 89.7 Å². The van der Waals surface area contributed by atoms with Crippen molar-refractivity contribution in [2.45, 2.75) is 18.1 Å². The van der Waals surface area contributed by atoms with Crippen molar-refractivity contribution in [3.63, 3.8) is 0 Å². The van der Waals surface area contributed by atoms with Crippen molar-refractivity contribution in [1.29, 1.82) is 0 Å². The van der Waals surface area contributed by atoms with Crippen LogP contribution in [0.15, 0.2) is 33.9 Å². The zero-order valence-electron chi connectivity index (χ0n) is 13.8. The molecule has 0 unspecified atom stereocenters. The van der Waals surface area contributed by atoms with Crippen molar-refractivity contribution < 1.29 is 17.9 Å². The minimum atomic E-state index is -3.78. The monoisotopic (exact) mass is 368 g/mol. The molecule has 0 aliphatic carbocycles. The fourth-order valence-electron chi connectivity index (χ4n) is 2.22. The number of primary sulfonamides is 1. The Balaban J connectivity index is 1.93. The van der Waals surface area contributed by atoms with Crippen LogP contribution in [-0.2, 0) is 10.0 Å². The average molecular weight is 368 g/mol. The molecule has 0 saturated heterocycles. The fraction of sp³-hybridized carbons (Fsp3) is 0.312. The zero-order chi connectivity index (χ0) is 17.9. The van der Waals surface area contributed by atoms with Gasteiger partial charge in [-0.05, 0) is 43.2 Å². The van der Waals surface area contributed by atoms with Gasteiger partial charge in [-0.25, -0.2) is 13.6 Å². The third kappa shape index (κ3) is 4.80. The summed E-state index contributed by atoms with van der Waals surface area (Å²) in [6.07, 6.45) is 0. The van der Waals surface area contributed by atoms with Crippen LogP contribution in [0.5, 0.6) is 5.75 Å². The molecule has 1 heterocycles. The molecule has 0 aliphatic heterocycles. The van der Waals surface area contributed by atoms with Crippen molar-refractivity contribution in [1.82, 2.24) is 4.90 Å². The largest absolute Gasteiger partial charge is 0.492 e. The summed E-state index contributed by atoms with van der Waals surface area (Å²) in [4.78, 5) is 13.8. The Hall–Kier alpha value is -1.90. The van der Waals surface area contributed by atoms with E-state index < -0.39 is 10.0 Å². The van der Waals surface area contributed by atoms with E-state index in [1.807, 2.05) is 26.0 Å². The summed E-state index contributed by atoms with van der Waals surface area (Å²) in [6, 6.07) is 7.23. The first-order valence-electron chi connectivity index (χ1n) is 7.25. The van der Waals surface area contributed by atoms with Gasteiger partial charge in [0.1, 0.15) is 16.6 Å². The zero-order valence-corrected chi connectivity index (χ0v) is 15.4. The molecule has 1 amide bonds. The molecule has 0 aliphatic rings. The minimum absolute atomic E-state index is 0.0225. The number of sulfonamides is 1. The Morgan fingerprint density at radius 2 is 1.83 bits per heavy atom. The maximum atomic E-state index is 12.3. The second-order valence-corrected chi connectivity index (χ2v) is 8.30. The number of carbonyl (C=O) groups is 1. The summed E-state index contributed by atoms with van der Waals surface area (Å²) in [7, 11) is -2.14.